The highest BCUT2D eigenvalue weighted by Gasteiger charge is 2.76. The van der Waals surface area contributed by atoms with Gasteiger partial charge >= 0.3 is 0 Å². The molecule has 2 saturated heterocycles. The second-order valence-corrected chi connectivity index (χ2v) is 12.9. The molecule has 13 heteroatoms. The highest BCUT2D eigenvalue weighted by molar-refractivity contribution is 9.09. The highest BCUT2D eigenvalue weighted by atomic mass is 79.9. The van der Waals surface area contributed by atoms with Crippen LogP contribution in [0.25, 0.3) is 0 Å². The van der Waals surface area contributed by atoms with E-state index in [9.17, 15) is 34.4 Å². The number of amides is 4. The summed E-state index contributed by atoms with van der Waals surface area (Å²) in [6.07, 6.45) is 3.65. The molecule has 0 aromatic heterocycles. The van der Waals surface area contributed by atoms with Gasteiger partial charge in [0.2, 0.25) is 11.8 Å². The van der Waals surface area contributed by atoms with E-state index >= 15 is 0 Å². The second-order valence-electron chi connectivity index (χ2n) is 11.1. The lowest BCUT2D eigenvalue weighted by atomic mass is 9.56. The summed E-state index contributed by atoms with van der Waals surface area (Å²) in [5, 5.41) is 22.6. The van der Waals surface area contributed by atoms with Crippen LogP contribution in [-0.2, 0) is 25.6 Å². The monoisotopic (exact) mass is 687 g/mol. The number of aromatic hydroxyl groups is 1. The zero-order valence-electron chi connectivity index (χ0n) is 22.4. The zero-order chi connectivity index (χ0) is 31.0. The molecule has 0 spiro atoms. The highest BCUT2D eigenvalue weighted by Crippen LogP contribution is 2.66. The maximum Gasteiger partial charge on any atom is 0.269 e. The summed E-state index contributed by atoms with van der Waals surface area (Å²) in [7, 11) is 0. The van der Waals surface area contributed by atoms with E-state index < -0.39 is 62.0 Å². The number of alkyl halides is 3. The lowest BCUT2D eigenvalue weighted by Gasteiger charge is -2.50. The lowest BCUT2D eigenvalue weighted by Crippen LogP contribution is -2.60. The number of likely N-dealkylation sites (tertiary alicyclic amines) is 1. The van der Waals surface area contributed by atoms with Gasteiger partial charge in [-0.25, -0.2) is 0 Å². The molecule has 43 heavy (non-hydrogen) atoms. The van der Waals surface area contributed by atoms with E-state index in [1.165, 1.54) is 24.3 Å². The van der Waals surface area contributed by atoms with E-state index in [1.54, 1.807) is 30.4 Å². The minimum Gasteiger partial charge on any atom is -0.507 e. The number of halogens is 3. The number of benzene rings is 2. The smallest absolute Gasteiger partial charge is 0.269 e. The Hall–Kier alpha value is -3.54. The van der Waals surface area contributed by atoms with Crippen LogP contribution < -0.4 is 4.90 Å². The molecule has 10 nitrogen and oxygen atoms in total. The van der Waals surface area contributed by atoms with E-state index in [-0.39, 0.29) is 41.0 Å². The van der Waals surface area contributed by atoms with Crippen LogP contribution >= 0.6 is 39.1 Å². The van der Waals surface area contributed by atoms with Gasteiger partial charge in [0.15, 0.2) is 9.75 Å². The SMILES string of the molecule is C=CCc1cccc([C@H]2C3=CC[C@@H]4C(=O)N(c5ccc([N+](=O)[O-])cc5)C(=O)[C@@H]4[C@@H]3C[C@@]3(Cl)C(=O)N(CBr)C(=O)[C@@]23Cl)c1O. The van der Waals surface area contributed by atoms with Crippen LogP contribution in [0.15, 0.2) is 66.8 Å². The summed E-state index contributed by atoms with van der Waals surface area (Å²) in [5.41, 5.74) is 1.17. The number of non-ortho nitro benzene ring substituents is 1. The molecule has 4 amide bonds. The van der Waals surface area contributed by atoms with Crippen LogP contribution in [0, 0.1) is 27.9 Å². The molecule has 2 aliphatic heterocycles. The van der Waals surface area contributed by atoms with Crippen molar-refractivity contribution in [2.24, 2.45) is 17.8 Å². The van der Waals surface area contributed by atoms with Crippen LogP contribution in [0.3, 0.4) is 0 Å². The maximum atomic E-state index is 14.1. The predicted molar refractivity (Wildman–Crippen MR) is 161 cm³/mol. The summed E-state index contributed by atoms with van der Waals surface area (Å²) in [4.78, 5) is 63.8. The van der Waals surface area contributed by atoms with Gasteiger partial charge in [-0.05, 0) is 42.9 Å². The van der Waals surface area contributed by atoms with Gasteiger partial charge in [0.25, 0.3) is 17.5 Å². The Morgan fingerprint density at radius 1 is 1.07 bits per heavy atom. The first-order valence-corrected chi connectivity index (χ1v) is 15.3. The van der Waals surface area contributed by atoms with Gasteiger partial charge in [-0.3, -0.25) is 39.1 Å². The molecule has 2 aliphatic carbocycles. The van der Waals surface area contributed by atoms with Crippen molar-refractivity contribution >= 4 is 74.1 Å². The molecule has 2 aromatic carbocycles. The molecule has 0 unspecified atom stereocenters. The average molecular weight is 689 g/mol. The Morgan fingerprint density at radius 3 is 2.40 bits per heavy atom. The van der Waals surface area contributed by atoms with E-state index in [0.717, 1.165) is 9.80 Å². The molecular weight excluding hydrogens is 665 g/mol. The van der Waals surface area contributed by atoms with Gasteiger partial charge < -0.3 is 5.11 Å². The molecule has 6 rings (SSSR count). The maximum absolute atomic E-state index is 14.1. The number of phenolic OH excluding ortho intramolecular Hbond substituents is 1. The van der Waals surface area contributed by atoms with Crippen molar-refractivity contribution in [3.8, 4) is 5.75 Å². The van der Waals surface area contributed by atoms with E-state index in [0.29, 0.717) is 17.6 Å². The lowest BCUT2D eigenvalue weighted by molar-refractivity contribution is -0.384. The number of hydrogen-bond acceptors (Lipinski definition) is 7. The molecule has 222 valence electrons. The molecule has 2 heterocycles. The predicted octanol–water partition coefficient (Wildman–Crippen LogP) is 4.94. The van der Waals surface area contributed by atoms with Crippen LogP contribution in [0.4, 0.5) is 11.4 Å². The molecule has 1 saturated carbocycles. The normalized spacial score (nSPS) is 31.5. The van der Waals surface area contributed by atoms with Crippen molar-refractivity contribution in [3.63, 3.8) is 0 Å². The number of nitro groups is 1. The third kappa shape index (κ3) is 3.90. The number of nitrogens with zero attached hydrogens (tertiary/aromatic N) is 3. The number of hydrogen-bond donors (Lipinski definition) is 1. The van der Waals surface area contributed by atoms with Gasteiger partial charge in [0.1, 0.15) is 5.75 Å². The quantitative estimate of drug-likeness (QED) is 0.113. The molecule has 0 radical (unpaired) electrons. The molecule has 0 bridgehead atoms. The number of fused-ring (bicyclic) bond motifs is 4. The van der Waals surface area contributed by atoms with Crippen LogP contribution in [0.5, 0.6) is 5.75 Å². The Labute approximate surface area is 264 Å². The third-order valence-corrected chi connectivity index (χ3v) is 11.1. The van der Waals surface area contributed by atoms with Gasteiger partial charge in [-0.15, -0.1) is 29.8 Å². The summed E-state index contributed by atoms with van der Waals surface area (Å²) in [6, 6.07) is 10.1. The fourth-order valence-electron chi connectivity index (χ4n) is 7.24. The fraction of sp³-hybridized carbons (Fsp3) is 0.333. The second kappa shape index (κ2) is 10.3. The molecule has 3 fully saturated rings. The van der Waals surface area contributed by atoms with Crippen molar-refractivity contribution in [2.75, 3.05) is 10.4 Å². The molecule has 6 atom stereocenters. The van der Waals surface area contributed by atoms with Crippen molar-refractivity contribution in [3.05, 3.63) is 88.0 Å². The van der Waals surface area contributed by atoms with Gasteiger partial charge in [-0.1, -0.05) is 51.9 Å². The summed E-state index contributed by atoms with van der Waals surface area (Å²) in [6.45, 7) is 3.74. The summed E-state index contributed by atoms with van der Waals surface area (Å²) >= 11 is 17.6. The van der Waals surface area contributed by atoms with Gasteiger partial charge in [0, 0.05) is 23.6 Å². The topological polar surface area (TPSA) is 138 Å². The van der Waals surface area contributed by atoms with Crippen molar-refractivity contribution < 1.29 is 29.2 Å². The first-order chi connectivity index (χ1) is 20.4. The number of nitro benzene ring substituents is 1. The molecule has 2 aromatic rings. The first-order valence-electron chi connectivity index (χ1n) is 13.5. The Bertz CT molecular complexity index is 1660. The van der Waals surface area contributed by atoms with Crippen LogP contribution in [-0.4, -0.2) is 53.8 Å². The standard InChI is InChI=1S/C30H24BrCl2N3O7/c1-2-4-15-5-3-6-20(24(15)37)23-18-11-12-19-22(21(18)13-29(32)27(40)34(14-31)28(41)30(23,29)33)26(39)35(25(19)38)16-7-9-17(10-8-16)36(42)43/h2-3,5-11,19,21-23,37H,1,4,12-14H2/t19-,21+,22-,23+,29+,30-/m0/s1. The minimum absolute atomic E-state index is 0.131. The Kier molecular flexibility index (Phi) is 7.06. The summed E-state index contributed by atoms with van der Waals surface area (Å²) < 4.78 is 0. The molecule has 4 aliphatic rings. The van der Waals surface area contributed by atoms with Crippen molar-refractivity contribution in [2.45, 2.75) is 34.9 Å². The number of imide groups is 2. The number of anilines is 1. The number of para-hydroxylation sites is 1. The largest absolute Gasteiger partial charge is 0.507 e. The number of allylic oxidation sites excluding steroid dienone is 3. The molecule has 1 N–H and O–H groups in total. The number of rotatable bonds is 6. The average Bonchev–Trinajstić information content (AvgIpc) is 3.32. The number of carbonyl (C=O) groups excluding carboxylic acids is 4. The van der Waals surface area contributed by atoms with Crippen LogP contribution in [0.2, 0.25) is 0 Å². The van der Waals surface area contributed by atoms with Gasteiger partial charge in [-0.2, -0.15) is 0 Å². The zero-order valence-corrected chi connectivity index (χ0v) is 25.5. The van der Waals surface area contributed by atoms with E-state index in [4.69, 9.17) is 23.2 Å². The Morgan fingerprint density at radius 2 is 1.77 bits per heavy atom. The fourth-order valence-corrected chi connectivity index (χ4v) is 8.66. The van der Waals surface area contributed by atoms with Crippen molar-refractivity contribution in [1.29, 1.82) is 0 Å². The minimum atomic E-state index is -2.04. The van der Waals surface area contributed by atoms with E-state index in [2.05, 4.69) is 22.5 Å². The van der Waals surface area contributed by atoms with Crippen molar-refractivity contribution in [1.82, 2.24) is 4.90 Å². The summed E-state index contributed by atoms with van der Waals surface area (Å²) in [5.74, 6) is -6.23. The van der Waals surface area contributed by atoms with E-state index in [1.807, 2.05) is 0 Å². The Balaban J connectivity index is 1.51. The van der Waals surface area contributed by atoms with Gasteiger partial charge in [0.05, 0.1) is 27.9 Å². The third-order valence-electron chi connectivity index (χ3n) is 9.16. The number of carbonyl (C=O) groups is 4. The first kappa shape index (κ1) is 29.5. The number of phenols is 1. The van der Waals surface area contributed by atoms with Crippen LogP contribution in [0.1, 0.15) is 29.9 Å². The molecular formula is C30H24BrCl2N3O7.